The SMILES string of the molecule is CON=C(c1ccc2c(c1)sc(=O)n2CCOc1ccc(C=C(C(=O)OC)C(=O)OC)cc1)c1ccccc1Cl. The van der Waals surface area contributed by atoms with Crippen molar-refractivity contribution in [2.75, 3.05) is 27.9 Å². The van der Waals surface area contributed by atoms with E-state index in [-0.39, 0.29) is 17.1 Å². The van der Waals surface area contributed by atoms with Crippen molar-refractivity contribution >= 4 is 56.9 Å². The molecule has 1 heterocycles. The lowest BCUT2D eigenvalue weighted by molar-refractivity contribution is -0.143. The summed E-state index contributed by atoms with van der Waals surface area (Å²) in [6, 6.07) is 19.7. The fourth-order valence-corrected chi connectivity index (χ4v) is 5.11. The van der Waals surface area contributed by atoms with Gasteiger partial charge in [0.05, 0.1) is 36.0 Å². The van der Waals surface area contributed by atoms with Gasteiger partial charge in [-0.05, 0) is 42.0 Å². The van der Waals surface area contributed by atoms with Crippen LogP contribution in [0.25, 0.3) is 16.3 Å². The van der Waals surface area contributed by atoms with E-state index in [4.69, 9.17) is 21.2 Å². The van der Waals surface area contributed by atoms with Gasteiger partial charge in [-0.15, -0.1) is 0 Å². The van der Waals surface area contributed by atoms with E-state index in [0.717, 1.165) is 32.7 Å². The van der Waals surface area contributed by atoms with E-state index in [0.29, 0.717) is 28.6 Å². The van der Waals surface area contributed by atoms with E-state index < -0.39 is 11.9 Å². The zero-order valence-electron chi connectivity index (χ0n) is 21.9. The molecule has 0 saturated heterocycles. The third-order valence-electron chi connectivity index (χ3n) is 5.84. The molecule has 0 atom stereocenters. The van der Waals surface area contributed by atoms with Crippen LogP contribution in [-0.4, -0.2) is 50.2 Å². The predicted octanol–water partition coefficient (Wildman–Crippen LogP) is 4.92. The summed E-state index contributed by atoms with van der Waals surface area (Å²) in [5.41, 5.74) is 3.19. The number of carbonyl (C=O) groups is 2. The largest absolute Gasteiger partial charge is 0.492 e. The van der Waals surface area contributed by atoms with Crippen LogP contribution in [0.15, 0.2) is 82.3 Å². The first kappa shape index (κ1) is 28.6. The molecular weight excluding hydrogens is 556 g/mol. The fraction of sp³-hybridized carbons (Fsp3) is 0.172. The highest BCUT2D eigenvalue weighted by atomic mass is 35.5. The molecule has 4 rings (SSSR count). The number of fused-ring (bicyclic) bond motifs is 1. The summed E-state index contributed by atoms with van der Waals surface area (Å²) >= 11 is 7.52. The zero-order chi connectivity index (χ0) is 28.6. The van der Waals surface area contributed by atoms with E-state index in [1.165, 1.54) is 27.4 Å². The summed E-state index contributed by atoms with van der Waals surface area (Å²) in [4.78, 5) is 41.5. The summed E-state index contributed by atoms with van der Waals surface area (Å²) in [7, 11) is 3.84. The van der Waals surface area contributed by atoms with Crippen molar-refractivity contribution in [2.24, 2.45) is 5.16 Å². The second kappa shape index (κ2) is 13.1. The molecule has 40 heavy (non-hydrogen) atoms. The van der Waals surface area contributed by atoms with Gasteiger partial charge in [-0.3, -0.25) is 9.36 Å². The number of benzene rings is 3. The second-order valence-corrected chi connectivity index (χ2v) is 9.66. The maximum Gasteiger partial charge on any atom is 0.345 e. The van der Waals surface area contributed by atoms with E-state index in [1.54, 1.807) is 34.9 Å². The zero-order valence-corrected chi connectivity index (χ0v) is 23.5. The average Bonchev–Trinajstić information content (AvgIpc) is 3.29. The Labute approximate surface area is 238 Å². The van der Waals surface area contributed by atoms with Gasteiger partial charge in [0.1, 0.15) is 30.8 Å². The molecule has 0 bridgehead atoms. The van der Waals surface area contributed by atoms with E-state index >= 15 is 0 Å². The molecule has 0 amide bonds. The molecule has 11 heteroatoms. The van der Waals surface area contributed by atoms with E-state index in [2.05, 4.69) is 14.6 Å². The van der Waals surface area contributed by atoms with Gasteiger partial charge in [0.15, 0.2) is 0 Å². The first-order valence-corrected chi connectivity index (χ1v) is 13.2. The number of oxime groups is 1. The van der Waals surface area contributed by atoms with Crippen molar-refractivity contribution in [3.8, 4) is 5.75 Å². The first-order chi connectivity index (χ1) is 19.4. The Morgan fingerprint density at radius 2 is 1.68 bits per heavy atom. The smallest absolute Gasteiger partial charge is 0.345 e. The van der Waals surface area contributed by atoms with Crippen LogP contribution in [0.2, 0.25) is 5.02 Å². The minimum absolute atomic E-state index is 0.114. The number of aromatic nitrogens is 1. The van der Waals surface area contributed by atoms with Crippen LogP contribution < -0.4 is 9.61 Å². The van der Waals surface area contributed by atoms with Gasteiger partial charge < -0.3 is 19.0 Å². The lowest BCUT2D eigenvalue weighted by atomic mass is 10.0. The standard InChI is InChI=1S/C29H25ClN2O7S/c1-36-27(33)22(28(34)37-2)16-18-8-11-20(12-9-18)39-15-14-32-24-13-10-19(17-25(24)40-29(32)35)26(31-38-3)21-6-4-5-7-23(21)30/h4-13,16-17H,14-15H2,1-3H3. The number of thiazole rings is 1. The number of carbonyl (C=O) groups excluding carboxylic acids is 2. The van der Waals surface area contributed by atoms with E-state index in [9.17, 15) is 14.4 Å². The van der Waals surface area contributed by atoms with Crippen molar-refractivity contribution in [1.82, 2.24) is 4.57 Å². The Balaban J connectivity index is 1.48. The molecule has 0 unspecified atom stereocenters. The normalized spacial score (nSPS) is 11.2. The third-order valence-corrected chi connectivity index (χ3v) is 7.11. The topological polar surface area (TPSA) is 105 Å². The highest BCUT2D eigenvalue weighted by molar-refractivity contribution is 7.16. The van der Waals surface area contributed by atoms with Crippen LogP contribution in [0.5, 0.6) is 5.75 Å². The number of nitrogens with zero attached hydrogens (tertiary/aromatic N) is 2. The van der Waals surface area contributed by atoms with Gasteiger partial charge in [-0.1, -0.05) is 64.5 Å². The summed E-state index contributed by atoms with van der Waals surface area (Å²) in [6.07, 6.45) is 1.38. The van der Waals surface area contributed by atoms with Crippen molar-refractivity contribution in [3.63, 3.8) is 0 Å². The van der Waals surface area contributed by atoms with Crippen LogP contribution in [0.3, 0.4) is 0 Å². The summed E-state index contributed by atoms with van der Waals surface area (Å²) in [5.74, 6) is -1.03. The molecule has 0 radical (unpaired) electrons. The Morgan fingerprint density at radius 3 is 2.33 bits per heavy atom. The average molecular weight is 581 g/mol. The quantitative estimate of drug-likeness (QED) is 0.0654. The van der Waals surface area contributed by atoms with Crippen molar-refractivity contribution < 1.29 is 28.6 Å². The summed E-state index contributed by atoms with van der Waals surface area (Å²) < 4.78 is 17.6. The molecule has 0 aliphatic rings. The molecule has 0 fully saturated rings. The van der Waals surface area contributed by atoms with Crippen molar-refractivity contribution in [1.29, 1.82) is 0 Å². The van der Waals surface area contributed by atoms with Crippen LogP contribution >= 0.6 is 22.9 Å². The number of hydrogen-bond donors (Lipinski definition) is 0. The molecule has 0 N–H and O–H groups in total. The minimum atomic E-state index is -0.793. The molecule has 1 aromatic heterocycles. The molecule has 0 aliphatic heterocycles. The van der Waals surface area contributed by atoms with E-state index in [1.807, 2.05) is 36.4 Å². The molecule has 206 valence electrons. The predicted molar refractivity (Wildman–Crippen MR) is 154 cm³/mol. The van der Waals surface area contributed by atoms with Crippen LogP contribution in [0.4, 0.5) is 0 Å². The molecule has 0 aliphatic carbocycles. The monoisotopic (exact) mass is 580 g/mol. The lowest BCUT2D eigenvalue weighted by Gasteiger charge is -2.10. The van der Waals surface area contributed by atoms with Gasteiger partial charge in [-0.2, -0.15) is 0 Å². The molecule has 3 aromatic carbocycles. The number of ether oxygens (including phenoxy) is 3. The van der Waals surface area contributed by atoms with Crippen molar-refractivity contribution in [3.05, 3.63) is 104 Å². The minimum Gasteiger partial charge on any atom is -0.492 e. The molecular formula is C29H25ClN2O7S. The van der Waals surface area contributed by atoms with Gasteiger partial charge in [0.25, 0.3) is 0 Å². The molecule has 9 nitrogen and oxygen atoms in total. The highest BCUT2D eigenvalue weighted by Gasteiger charge is 2.19. The Hall–Kier alpha value is -4.41. The Bertz CT molecular complexity index is 1640. The van der Waals surface area contributed by atoms with Gasteiger partial charge in [0.2, 0.25) is 0 Å². The van der Waals surface area contributed by atoms with Crippen molar-refractivity contribution in [2.45, 2.75) is 6.54 Å². The summed E-state index contributed by atoms with van der Waals surface area (Å²) in [6.45, 7) is 0.576. The van der Waals surface area contributed by atoms with Gasteiger partial charge in [0, 0.05) is 11.1 Å². The maximum atomic E-state index is 12.8. The highest BCUT2D eigenvalue weighted by Crippen LogP contribution is 2.25. The van der Waals surface area contributed by atoms with Crippen LogP contribution in [0.1, 0.15) is 16.7 Å². The number of esters is 2. The number of halogens is 1. The van der Waals surface area contributed by atoms with Crippen LogP contribution in [-0.2, 0) is 30.4 Å². The Kier molecular flexibility index (Phi) is 9.36. The van der Waals surface area contributed by atoms with Gasteiger partial charge >= 0.3 is 16.8 Å². The second-order valence-electron chi connectivity index (χ2n) is 8.26. The Morgan fingerprint density at radius 1 is 0.975 bits per heavy atom. The third kappa shape index (κ3) is 6.41. The molecule has 0 saturated carbocycles. The molecule has 4 aromatic rings. The molecule has 0 spiro atoms. The summed E-state index contributed by atoms with van der Waals surface area (Å²) in [5, 5.41) is 4.71. The number of methoxy groups -OCH3 is 2. The van der Waals surface area contributed by atoms with Crippen LogP contribution in [0, 0.1) is 0 Å². The lowest BCUT2D eigenvalue weighted by Crippen LogP contribution is -2.17. The number of hydrogen-bond acceptors (Lipinski definition) is 9. The number of rotatable bonds is 10. The van der Waals surface area contributed by atoms with Gasteiger partial charge in [-0.25, -0.2) is 9.59 Å². The first-order valence-electron chi connectivity index (χ1n) is 12.0. The maximum absolute atomic E-state index is 12.8. The fourth-order valence-electron chi connectivity index (χ4n) is 3.93.